The van der Waals surface area contributed by atoms with E-state index in [1.807, 2.05) is 30.3 Å². The summed E-state index contributed by atoms with van der Waals surface area (Å²) in [6.07, 6.45) is 9.40. The van der Waals surface area contributed by atoms with Crippen LogP contribution in [0, 0.1) is 0 Å². The van der Waals surface area contributed by atoms with Gasteiger partial charge in [0, 0.05) is 24.0 Å². The highest BCUT2D eigenvalue weighted by Gasteiger charge is 2.14. The predicted molar refractivity (Wildman–Crippen MR) is 147 cm³/mol. The average Bonchev–Trinajstić information content (AvgIpc) is 2.94. The van der Waals surface area contributed by atoms with Gasteiger partial charge in [0.25, 0.3) is 0 Å². The van der Waals surface area contributed by atoms with Crippen molar-refractivity contribution >= 4 is 10.8 Å². The van der Waals surface area contributed by atoms with Crippen molar-refractivity contribution in [2.45, 2.75) is 25.7 Å². The van der Waals surface area contributed by atoms with Crippen LogP contribution in [0.25, 0.3) is 21.9 Å². The SMILES string of the molecule is COc1cccc(-c2ccc3cc(OC)ccc3c2Oc2ccc(CC=CN3CCCCC3)cc2)c1. The molecule has 4 aromatic carbocycles. The number of ether oxygens (including phenoxy) is 3. The summed E-state index contributed by atoms with van der Waals surface area (Å²) in [5.41, 5.74) is 3.33. The molecule has 0 spiro atoms. The van der Waals surface area contributed by atoms with Crippen molar-refractivity contribution in [1.29, 1.82) is 0 Å². The van der Waals surface area contributed by atoms with Crippen molar-refractivity contribution in [3.8, 4) is 34.1 Å². The lowest BCUT2D eigenvalue weighted by Crippen LogP contribution is -2.24. The molecule has 0 radical (unpaired) electrons. The first-order valence-electron chi connectivity index (χ1n) is 12.7. The molecule has 4 nitrogen and oxygen atoms in total. The molecule has 0 saturated carbocycles. The zero-order chi connectivity index (χ0) is 24.7. The van der Waals surface area contributed by atoms with Gasteiger partial charge >= 0.3 is 0 Å². The standard InChI is InChI=1S/C32H33NO3/c1-34-28-10-6-9-25(22-28)30-17-13-26-23-29(35-2)16-18-31(26)32(30)36-27-14-11-24(12-15-27)8-7-21-33-19-4-3-5-20-33/h6-7,9-18,21-23H,3-5,8,19-20H2,1-2H3. The van der Waals surface area contributed by atoms with Gasteiger partial charge in [-0.1, -0.05) is 36.4 Å². The van der Waals surface area contributed by atoms with E-state index in [0.29, 0.717) is 0 Å². The third-order valence-electron chi connectivity index (χ3n) is 6.76. The molecule has 4 heteroatoms. The van der Waals surface area contributed by atoms with Crippen LogP contribution in [0.4, 0.5) is 0 Å². The highest BCUT2D eigenvalue weighted by molar-refractivity contribution is 5.96. The molecule has 4 aromatic rings. The molecule has 1 heterocycles. The fourth-order valence-electron chi connectivity index (χ4n) is 4.75. The van der Waals surface area contributed by atoms with Gasteiger partial charge in [-0.05, 0) is 96.9 Å². The number of allylic oxidation sites excluding steroid dienone is 1. The molecule has 0 amide bonds. The first-order chi connectivity index (χ1) is 17.7. The van der Waals surface area contributed by atoms with Gasteiger partial charge in [0.1, 0.15) is 23.0 Å². The Balaban J connectivity index is 1.43. The Morgan fingerprint density at radius 3 is 2.28 bits per heavy atom. The summed E-state index contributed by atoms with van der Waals surface area (Å²) in [7, 11) is 3.37. The maximum absolute atomic E-state index is 6.57. The van der Waals surface area contributed by atoms with Gasteiger partial charge in [0.05, 0.1) is 14.2 Å². The summed E-state index contributed by atoms with van der Waals surface area (Å²) in [5.74, 6) is 3.27. The average molecular weight is 480 g/mol. The Kier molecular flexibility index (Phi) is 7.41. The van der Waals surface area contributed by atoms with Crippen LogP contribution in [0.3, 0.4) is 0 Å². The maximum Gasteiger partial charge on any atom is 0.143 e. The number of hydrogen-bond donors (Lipinski definition) is 0. The zero-order valence-corrected chi connectivity index (χ0v) is 21.1. The van der Waals surface area contributed by atoms with Crippen LogP contribution >= 0.6 is 0 Å². The molecule has 1 fully saturated rings. The number of piperidine rings is 1. The van der Waals surface area contributed by atoms with E-state index < -0.39 is 0 Å². The summed E-state index contributed by atoms with van der Waals surface area (Å²) in [4.78, 5) is 2.43. The van der Waals surface area contributed by atoms with E-state index in [-0.39, 0.29) is 0 Å². The van der Waals surface area contributed by atoms with E-state index >= 15 is 0 Å². The Labute approximate surface area is 213 Å². The topological polar surface area (TPSA) is 30.9 Å². The molecule has 0 aromatic heterocycles. The highest BCUT2D eigenvalue weighted by atomic mass is 16.5. The molecule has 0 bridgehead atoms. The monoisotopic (exact) mass is 479 g/mol. The second-order valence-corrected chi connectivity index (χ2v) is 9.19. The summed E-state index contributed by atoms with van der Waals surface area (Å²) in [6.45, 7) is 2.35. The Bertz CT molecular complexity index is 1340. The van der Waals surface area contributed by atoms with Crippen molar-refractivity contribution in [2.24, 2.45) is 0 Å². The quantitative estimate of drug-likeness (QED) is 0.257. The molecule has 5 rings (SSSR count). The number of fused-ring (bicyclic) bond motifs is 1. The van der Waals surface area contributed by atoms with Crippen molar-refractivity contribution < 1.29 is 14.2 Å². The van der Waals surface area contributed by atoms with Crippen molar-refractivity contribution in [2.75, 3.05) is 27.3 Å². The van der Waals surface area contributed by atoms with Gasteiger partial charge in [-0.15, -0.1) is 0 Å². The van der Waals surface area contributed by atoms with Gasteiger partial charge in [-0.2, -0.15) is 0 Å². The fraction of sp³-hybridized carbons (Fsp3) is 0.250. The molecule has 0 atom stereocenters. The number of nitrogens with zero attached hydrogens (tertiary/aromatic N) is 1. The molecular weight excluding hydrogens is 446 g/mol. The minimum atomic E-state index is 0.811. The van der Waals surface area contributed by atoms with E-state index in [2.05, 4.69) is 65.7 Å². The van der Waals surface area contributed by atoms with Crippen molar-refractivity contribution in [3.63, 3.8) is 0 Å². The van der Waals surface area contributed by atoms with Crippen LogP contribution < -0.4 is 14.2 Å². The molecular formula is C32H33NO3. The lowest BCUT2D eigenvalue weighted by molar-refractivity contribution is 0.309. The van der Waals surface area contributed by atoms with Gasteiger partial charge in [0.2, 0.25) is 0 Å². The first kappa shape index (κ1) is 23.8. The summed E-state index contributed by atoms with van der Waals surface area (Å²) in [6, 6.07) is 26.8. The normalized spacial score (nSPS) is 13.8. The molecule has 1 aliphatic rings. The zero-order valence-electron chi connectivity index (χ0n) is 21.1. The van der Waals surface area contributed by atoms with Gasteiger partial charge in [-0.25, -0.2) is 0 Å². The largest absolute Gasteiger partial charge is 0.497 e. The van der Waals surface area contributed by atoms with E-state index in [4.69, 9.17) is 14.2 Å². The van der Waals surface area contributed by atoms with Crippen LogP contribution in [0.1, 0.15) is 24.8 Å². The number of likely N-dealkylation sites (tertiary alicyclic amines) is 1. The van der Waals surface area contributed by atoms with Gasteiger partial charge in [0.15, 0.2) is 0 Å². The first-order valence-corrected chi connectivity index (χ1v) is 12.7. The second-order valence-electron chi connectivity index (χ2n) is 9.19. The number of benzene rings is 4. The third kappa shape index (κ3) is 5.49. The lowest BCUT2D eigenvalue weighted by Gasteiger charge is -2.24. The van der Waals surface area contributed by atoms with E-state index in [1.54, 1.807) is 14.2 Å². The molecule has 36 heavy (non-hydrogen) atoms. The second kappa shape index (κ2) is 11.2. The maximum atomic E-state index is 6.57. The third-order valence-corrected chi connectivity index (χ3v) is 6.76. The van der Waals surface area contributed by atoms with E-state index in [0.717, 1.165) is 51.3 Å². The summed E-state index contributed by atoms with van der Waals surface area (Å²) >= 11 is 0. The van der Waals surface area contributed by atoms with Crippen LogP contribution in [-0.4, -0.2) is 32.2 Å². The lowest BCUT2D eigenvalue weighted by atomic mass is 9.99. The predicted octanol–water partition coefficient (Wildman–Crippen LogP) is 7.86. The van der Waals surface area contributed by atoms with Crippen LogP contribution in [0.15, 0.2) is 91.1 Å². The number of rotatable bonds is 8. The Morgan fingerprint density at radius 2 is 1.50 bits per heavy atom. The highest BCUT2D eigenvalue weighted by Crippen LogP contribution is 2.41. The number of methoxy groups -OCH3 is 2. The number of hydrogen-bond acceptors (Lipinski definition) is 4. The van der Waals surface area contributed by atoms with Crippen molar-refractivity contribution in [3.05, 3.63) is 96.7 Å². The minimum Gasteiger partial charge on any atom is -0.497 e. The molecule has 0 N–H and O–H groups in total. The molecule has 184 valence electrons. The van der Waals surface area contributed by atoms with Gasteiger partial charge < -0.3 is 19.1 Å². The minimum absolute atomic E-state index is 0.811. The molecule has 1 aliphatic heterocycles. The molecule has 1 saturated heterocycles. The summed E-state index contributed by atoms with van der Waals surface area (Å²) < 4.78 is 17.5. The smallest absolute Gasteiger partial charge is 0.143 e. The Morgan fingerprint density at radius 1 is 0.750 bits per heavy atom. The van der Waals surface area contributed by atoms with Crippen LogP contribution in [0.2, 0.25) is 0 Å². The van der Waals surface area contributed by atoms with Gasteiger partial charge in [-0.3, -0.25) is 0 Å². The van der Waals surface area contributed by atoms with E-state index in [9.17, 15) is 0 Å². The molecule has 0 unspecified atom stereocenters. The fourth-order valence-corrected chi connectivity index (χ4v) is 4.75. The van der Waals surface area contributed by atoms with E-state index in [1.165, 1.54) is 37.9 Å². The Hall–Kier alpha value is -3.92. The molecule has 0 aliphatic carbocycles. The summed E-state index contributed by atoms with van der Waals surface area (Å²) in [5, 5.41) is 2.10. The van der Waals surface area contributed by atoms with Crippen LogP contribution in [-0.2, 0) is 6.42 Å². The van der Waals surface area contributed by atoms with Crippen molar-refractivity contribution in [1.82, 2.24) is 4.90 Å². The van der Waals surface area contributed by atoms with Crippen LogP contribution in [0.5, 0.6) is 23.0 Å².